The van der Waals surface area contributed by atoms with Crippen LogP contribution in [0, 0.1) is 19.7 Å². The highest BCUT2D eigenvalue weighted by molar-refractivity contribution is 7.80. The van der Waals surface area contributed by atoms with Crippen LogP contribution in [0.25, 0.3) is 10.9 Å². The lowest BCUT2D eigenvalue weighted by molar-refractivity contribution is 0.412. The molecule has 2 heterocycles. The Kier molecular flexibility index (Phi) is 6.89. The van der Waals surface area contributed by atoms with Crippen molar-refractivity contribution in [3.05, 3.63) is 72.0 Å². The van der Waals surface area contributed by atoms with Gasteiger partial charge in [-0.3, -0.25) is 4.98 Å². The van der Waals surface area contributed by atoms with Gasteiger partial charge >= 0.3 is 0 Å². The van der Waals surface area contributed by atoms with Crippen LogP contribution in [-0.2, 0) is 0 Å². The second-order valence-electron chi connectivity index (χ2n) is 8.66. The van der Waals surface area contributed by atoms with E-state index in [0.29, 0.717) is 17.6 Å². The number of aromatic amines is 1. The fraction of sp³-hybridized carbons (Fsp3) is 0.385. The van der Waals surface area contributed by atoms with Gasteiger partial charge in [0.2, 0.25) is 0 Å². The number of fused-ring (bicyclic) bond motifs is 1. The first-order chi connectivity index (χ1) is 15.5. The lowest BCUT2D eigenvalue weighted by atomic mass is 9.95. The molecule has 1 unspecified atom stereocenters. The summed E-state index contributed by atoms with van der Waals surface area (Å²) >= 11 is 5.96. The van der Waals surface area contributed by atoms with Crippen LogP contribution in [-0.4, -0.2) is 21.1 Å². The Morgan fingerprint density at radius 2 is 1.97 bits per heavy atom. The highest BCUT2D eigenvalue weighted by Crippen LogP contribution is 2.35. The summed E-state index contributed by atoms with van der Waals surface area (Å²) in [5.41, 5.74) is 5.11. The van der Waals surface area contributed by atoms with Crippen LogP contribution >= 0.6 is 12.2 Å². The molecule has 1 atom stereocenters. The molecule has 168 valence electrons. The minimum absolute atomic E-state index is 0.178. The molecule has 1 aliphatic rings. The van der Waals surface area contributed by atoms with Crippen LogP contribution in [0.5, 0.6) is 0 Å². The Bertz CT molecular complexity index is 1100. The van der Waals surface area contributed by atoms with E-state index in [1.807, 2.05) is 18.3 Å². The Balaban J connectivity index is 1.79. The first-order valence-corrected chi connectivity index (χ1v) is 11.8. The number of aromatic nitrogens is 2. The van der Waals surface area contributed by atoms with Crippen molar-refractivity contribution in [2.45, 2.75) is 64.5 Å². The number of nitrogens with one attached hydrogen (secondary N) is 2. The minimum atomic E-state index is -0.268. The molecule has 2 aromatic heterocycles. The summed E-state index contributed by atoms with van der Waals surface area (Å²) in [5, 5.41) is 5.40. The molecule has 0 bridgehead atoms. The van der Waals surface area contributed by atoms with Crippen LogP contribution in [0.2, 0.25) is 0 Å². The van der Waals surface area contributed by atoms with Gasteiger partial charge in [0.25, 0.3) is 0 Å². The van der Waals surface area contributed by atoms with Gasteiger partial charge in [-0.25, -0.2) is 4.39 Å². The molecule has 4 rings (SSSR count). The van der Waals surface area contributed by atoms with Gasteiger partial charge < -0.3 is 15.2 Å². The number of halogens is 1. The van der Waals surface area contributed by atoms with E-state index in [1.165, 1.54) is 37.0 Å². The molecule has 0 spiro atoms. The number of hydrogen-bond donors (Lipinski definition) is 2. The summed E-state index contributed by atoms with van der Waals surface area (Å²) in [4.78, 5) is 10.4. The van der Waals surface area contributed by atoms with E-state index in [9.17, 15) is 4.39 Å². The van der Waals surface area contributed by atoms with Gasteiger partial charge in [0.05, 0.1) is 17.3 Å². The zero-order chi connectivity index (χ0) is 22.7. The predicted octanol–water partition coefficient (Wildman–Crippen LogP) is 6.65. The smallest absolute Gasteiger partial charge is 0.174 e. The maximum Gasteiger partial charge on any atom is 0.174 e. The third kappa shape index (κ3) is 4.56. The van der Waals surface area contributed by atoms with E-state index in [0.717, 1.165) is 40.8 Å². The average molecular weight is 451 g/mol. The summed E-state index contributed by atoms with van der Waals surface area (Å²) in [6.07, 6.45) is 10.3. The van der Waals surface area contributed by atoms with Crippen LogP contribution < -0.4 is 10.2 Å². The topological polar surface area (TPSA) is 44.0 Å². The average Bonchev–Trinajstić information content (AvgIpc) is 3.09. The van der Waals surface area contributed by atoms with Crippen molar-refractivity contribution in [2.75, 3.05) is 4.90 Å². The number of pyridine rings is 1. The number of rotatable bonds is 6. The molecule has 1 aromatic carbocycles. The van der Waals surface area contributed by atoms with Gasteiger partial charge in [-0.05, 0) is 81.2 Å². The van der Waals surface area contributed by atoms with Crippen molar-refractivity contribution < 1.29 is 4.39 Å². The van der Waals surface area contributed by atoms with Gasteiger partial charge in [0.15, 0.2) is 5.11 Å². The third-order valence-electron chi connectivity index (χ3n) is 6.53. The van der Waals surface area contributed by atoms with Crippen molar-refractivity contribution in [3.63, 3.8) is 0 Å². The number of aryl methyl sites for hydroxylation is 2. The van der Waals surface area contributed by atoms with Gasteiger partial charge in [0.1, 0.15) is 5.82 Å². The van der Waals surface area contributed by atoms with Crippen LogP contribution in [0.3, 0.4) is 0 Å². The number of benzene rings is 1. The second-order valence-corrected chi connectivity index (χ2v) is 9.05. The molecule has 1 fully saturated rings. The Labute approximate surface area is 194 Å². The fourth-order valence-corrected chi connectivity index (χ4v) is 5.09. The molecule has 6 heteroatoms. The summed E-state index contributed by atoms with van der Waals surface area (Å²) in [6.45, 7) is 8.20. The zero-order valence-corrected chi connectivity index (χ0v) is 19.6. The Morgan fingerprint density at radius 1 is 1.25 bits per heavy atom. The molecule has 0 aliphatic heterocycles. The summed E-state index contributed by atoms with van der Waals surface area (Å²) < 4.78 is 13.8. The minimum Gasteiger partial charge on any atom is -0.360 e. The molecule has 3 aromatic rings. The summed E-state index contributed by atoms with van der Waals surface area (Å²) in [6, 6.07) is 8.76. The summed E-state index contributed by atoms with van der Waals surface area (Å²) in [7, 11) is 0. The third-order valence-corrected chi connectivity index (χ3v) is 6.85. The monoisotopic (exact) mass is 450 g/mol. The van der Waals surface area contributed by atoms with Crippen LogP contribution in [0.1, 0.15) is 61.5 Å². The molecule has 2 N–H and O–H groups in total. The zero-order valence-electron chi connectivity index (χ0n) is 18.8. The molecule has 4 nitrogen and oxygen atoms in total. The Morgan fingerprint density at radius 3 is 2.66 bits per heavy atom. The van der Waals surface area contributed by atoms with Gasteiger partial charge in [-0.2, -0.15) is 0 Å². The highest BCUT2D eigenvalue weighted by Gasteiger charge is 2.29. The van der Waals surface area contributed by atoms with Gasteiger partial charge in [-0.1, -0.05) is 25.3 Å². The molecule has 0 amide bonds. The summed E-state index contributed by atoms with van der Waals surface area (Å²) in [5.74, 6) is -0.268. The lowest BCUT2D eigenvalue weighted by Crippen LogP contribution is -2.47. The van der Waals surface area contributed by atoms with E-state index >= 15 is 0 Å². The van der Waals surface area contributed by atoms with E-state index < -0.39 is 0 Å². The van der Waals surface area contributed by atoms with E-state index in [-0.39, 0.29) is 11.9 Å². The molecule has 0 radical (unpaired) electrons. The maximum atomic E-state index is 13.8. The van der Waals surface area contributed by atoms with Crippen molar-refractivity contribution in [1.29, 1.82) is 0 Å². The Hall–Kier alpha value is -2.73. The quantitative estimate of drug-likeness (QED) is 0.326. The van der Waals surface area contributed by atoms with E-state index in [1.54, 1.807) is 12.1 Å². The molecular weight excluding hydrogens is 419 g/mol. The fourth-order valence-electron chi connectivity index (χ4n) is 4.69. The predicted molar refractivity (Wildman–Crippen MR) is 135 cm³/mol. The van der Waals surface area contributed by atoms with Crippen LogP contribution in [0.4, 0.5) is 10.1 Å². The van der Waals surface area contributed by atoms with E-state index in [2.05, 4.69) is 35.6 Å². The van der Waals surface area contributed by atoms with Crippen molar-refractivity contribution in [1.82, 2.24) is 15.3 Å². The molecule has 0 saturated heterocycles. The molecule has 1 saturated carbocycles. The van der Waals surface area contributed by atoms with Crippen LogP contribution in [0.15, 0.2) is 49.2 Å². The van der Waals surface area contributed by atoms with Gasteiger partial charge in [0, 0.05) is 29.0 Å². The van der Waals surface area contributed by atoms with Crippen molar-refractivity contribution >= 4 is 33.9 Å². The SMILES string of the molecule is C=CCC(c1nccc2c(C)c(C)[nH]c12)N(C(=S)NC1CCCCC1)c1ccc(F)cc1. The van der Waals surface area contributed by atoms with Crippen molar-refractivity contribution in [2.24, 2.45) is 0 Å². The van der Waals surface area contributed by atoms with E-state index in [4.69, 9.17) is 17.2 Å². The number of anilines is 1. The highest BCUT2D eigenvalue weighted by atomic mass is 32.1. The molecule has 32 heavy (non-hydrogen) atoms. The number of nitrogens with zero attached hydrogens (tertiary/aromatic N) is 2. The number of H-pyrrole nitrogens is 1. The normalized spacial score (nSPS) is 15.5. The number of thiocarbonyl (C=S) groups is 1. The molecular formula is C26H31FN4S. The van der Waals surface area contributed by atoms with Crippen molar-refractivity contribution in [3.8, 4) is 0 Å². The second kappa shape index (κ2) is 9.82. The number of hydrogen-bond acceptors (Lipinski definition) is 2. The first-order valence-electron chi connectivity index (χ1n) is 11.4. The van der Waals surface area contributed by atoms with Gasteiger partial charge in [-0.15, -0.1) is 6.58 Å². The largest absolute Gasteiger partial charge is 0.360 e. The molecule has 1 aliphatic carbocycles. The lowest BCUT2D eigenvalue weighted by Gasteiger charge is -2.36. The first kappa shape index (κ1) is 22.5. The standard InChI is InChI=1S/C26H31FN4S/c1-4-8-23(25-24-22(15-16-28-25)17(2)18(3)29-24)31(21-13-11-19(27)12-14-21)26(32)30-20-9-6-5-7-10-20/h4,11-16,20,23,29H,1,5-10H2,2-3H3,(H,30,32). The maximum absolute atomic E-state index is 13.8.